The minimum absolute atomic E-state index is 0.0892. The first-order chi connectivity index (χ1) is 21.1. The summed E-state index contributed by atoms with van der Waals surface area (Å²) in [5.74, 6) is 1.99. The molecule has 0 amide bonds. The molecule has 6 aromatic carbocycles. The van der Waals surface area contributed by atoms with Crippen LogP contribution in [-0.2, 0) is 5.41 Å². The zero-order valence-electron chi connectivity index (χ0n) is 24.1. The largest absolute Gasteiger partial charge is 0.208 e. The van der Waals surface area contributed by atoms with E-state index in [9.17, 15) is 0 Å². The van der Waals surface area contributed by atoms with Crippen molar-refractivity contribution in [3.05, 3.63) is 151 Å². The SMILES string of the molecule is CC1(C)c2ccccc2-c2c(-c3ccc(-c4nc(-c5ccccc5)nc(-c5ccccc5)n4)cc3)cc3ccccc3c21. The molecule has 1 aliphatic carbocycles. The van der Waals surface area contributed by atoms with Crippen LogP contribution < -0.4 is 0 Å². The van der Waals surface area contributed by atoms with Gasteiger partial charge in [-0.15, -0.1) is 0 Å². The number of benzene rings is 6. The molecule has 7 aromatic rings. The highest BCUT2D eigenvalue weighted by atomic mass is 15.0. The van der Waals surface area contributed by atoms with Gasteiger partial charge in [-0.05, 0) is 50.2 Å². The van der Waals surface area contributed by atoms with Crippen LogP contribution in [-0.4, -0.2) is 15.0 Å². The van der Waals surface area contributed by atoms with Gasteiger partial charge in [0.05, 0.1) is 0 Å². The van der Waals surface area contributed by atoms with Crippen LogP contribution in [0.3, 0.4) is 0 Å². The number of hydrogen-bond acceptors (Lipinski definition) is 3. The van der Waals surface area contributed by atoms with E-state index in [1.54, 1.807) is 0 Å². The summed E-state index contributed by atoms with van der Waals surface area (Å²) >= 11 is 0. The normalized spacial score (nSPS) is 13.1. The zero-order chi connectivity index (χ0) is 29.0. The highest BCUT2D eigenvalue weighted by Crippen LogP contribution is 2.54. The van der Waals surface area contributed by atoms with Crippen molar-refractivity contribution in [2.75, 3.05) is 0 Å². The van der Waals surface area contributed by atoms with Crippen molar-refractivity contribution in [3.8, 4) is 56.4 Å². The first-order valence-corrected chi connectivity index (χ1v) is 14.7. The average Bonchev–Trinajstić information content (AvgIpc) is 3.32. The fraction of sp³-hybridized carbons (Fsp3) is 0.0750. The third kappa shape index (κ3) is 4.16. The van der Waals surface area contributed by atoms with Crippen molar-refractivity contribution in [2.24, 2.45) is 0 Å². The molecule has 1 aliphatic rings. The van der Waals surface area contributed by atoms with E-state index in [4.69, 9.17) is 15.0 Å². The van der Waals surface area contributed by atoms with E-state index < -0.39 is 0 Å². The molecule has 3 heteroatoms. The lowest BCUT2D eigenvalue weighted by atomic mass is 9.79. The Morgan fingerprint density at radius 2 is 0.930 bits per heavy atom. The van der Waals surface area contributed by atoms with Gasteiger partial charge in [0, 0.05) is 22.1 Å². The second-order valence-corrected chi connectivity index (χ2v) is 11.7. The maximum atomic E-state index is 4.93. The molecule has 0 atom stereocenters. The maximum absolute atomic E-state index is 4.93. The van der Waals surface area contributed by atoms with Gasteiger partial charge in [0.1, 0.15) is 0 Å². The van der Waals surface area contributed by atoms with E-state index in [0.717, 1.165) is 16.7 Å². The summed E-state index contributed by atoms with van der Waals surface area (Å²) in [6, 6.07) is 48.9. The summed E-state index contributed by atoms with van der Waals surface area (Å²) in [7, 11) is 0. The van der Waals surface area contributed by atoms with Gasteiger partial charge in [-0.2, -0.15) is 0 Å². The summed E-state index contributed by atoms with van der Waals surface area (Å²) in [4.78, 5) is 14.7. The molecule has 0 unspecified atom stereocenters. The molecule has 0 radical (unpaired) electrons. The number of fused-ring (bicyclic) bond motifs is 5. The van der Waals surface area contributed by atoms with Gasteiger partial charge in [-0.1, -0.05) is 147 Å². The molecule has 1 heterocycles. The van der Waals surface area contributed by atoms with Gasteiger partial charge in [0.2, 0.25) is 0 Å². The second-order valence-electron chi connectivity index (χ2n) is 11.7. The van der Waals surface area contributed by atoms with Crippen molar-refractivity contribution in [1.29, 1.82) is 0 Å². The first kappa shape index (κ1) is 25.3. The van der Waals surface area contributed by atoms with Crippen LogP contribution in [0.25, 0.3) is 67.2 Å². The first-order valence-electron chi connectivity index (χ1n) is 14.7. The molecule has 0 aliphatic heterocycles. The van der Waals surface area contributed by atoms with Crippen molar-refractivity contribution >= 4 is 10.8 Å². The van der Waals surface area contributed by atoms with Crippen LogP contribution in [0.1, 0.15) is 25.0 Å². The van der Waals surface area contributed by atoms with Crippen molar-refractivity contribution < 1.29 is 0 Å². The standard InChI is InChI=1S/C40H29N3/c1-40(2)34-20-12-11-19-32(34)35-33(25-30-17-9-10-18-31(30)36(35)40)26-21-23-29(24-22-26)39-42-37(27-13-5-3-6-14-27)41-38(43-39)28-15-7-4-8-16-28/h3-25H,1-2H3. The van der Waals surface area contributed by atoms with Gasteiger partial charge in [0.15, 0.2) is 17.5 Å². The Kier molecular flexibility index (Phi) is 5.80. The fourth-order valence-corrected chi connectivity index (χ4v) is 6.62. The molecule has 43 heavy (non-hydrogen) atoms. The van der Waals surface area contributed by atoms with Crippen molar-refractivity contribution in [3.63, 3.8) is 0 Å². The molecule has 0 spiro atoms. The van der Waals surface area contributed by atoms with Crippen LogP contribution in [0, 0.1) is 0 Å². The predicted molar refractivity (Wildman–Crippen MR) is 177 cm³/mol. The second kappa shape index (κ2) is 9.85. The lowest BCUT2D eigenvalue weighted by Crippen LogP contribution is -2.15. The lowest BCUT2D eigenvalue weighted by molar-refractivity contribution is 0.666. The molecule has 0 saturated carbocycles. The molecule has 1 aromatic heterocycles. The van der Waals surface area contributed by atoms with E-state index in [2.05, 4.69) is 92.7 Å². The smallest absolute Gasteiger partial charge is 0.164 e. The molecule has 0 fully saturated rings. The van der Waals surface area contributed by atoms with E-state index in [1.807, 2.05) is 60.7 Å². The van der Waals surface area contributed by atoms with Crippen molar-refractivity contribution in [1.82, 2.24) is 15.0 Å². The van der Waals surface area contributed by atoms with E-state index >= 15 is 0 Å². The van der Waals surface area contributed by atoms with Crippen LogP contribution in [0.2, 0.25) is 0 Å². The summed E-state index contributed by atoms with van der Waals surface area (Å²) < 4.78 is 0. The molecule has 0 saturated heterocycles. The van der Waals surface area contributed by atoms with Crippen LogP contribution in [0.5, 0.6) is 0 Å². The maximum Gasteiger partial charge on any atom is 0.164 e. The Morgan fingerprint density at radius 3 is 1.56 bits per heavy atom. The third-order valence-electron chi connectivity index (χ3n) is 8.70. The predicted octanol–water partition coefficient (Wildman–Crippen LogP) is 10.00. The highest BCUT2D eigenvalue weighted by molar-refractivity contribution is 6.04. The zero-order valence-corrected chi connectivity index (χ0v) is 24.1. The summed E-state index contributed by atoms with van der Waals surface area (Å²) in [5.41, 5.74) is 10.7. The Morgan fingerprint density at radius 1 is 0.442 bits per heavy atom. The molecule has 3 nitrogen and oxygen atoms in total. The third-order valence-corrected chi connectivity index (χ3v) is 8.70. The van der Waals surface area contributed by atoms with Gasteiger partial charge in [-0.3, -0.25) is 0 Å². The lowest BCUT2D eigenvalue weighted by Gasteiger charge is -2.24. The minimum atomic E-state index is -0.0892. The number of nitrogens with zero attached hydrogens (tertiary/aromatic N) is 3. The molecular weight excluding hydrogens is 522 g/mol. The van der Waals surface area contributed by atoms with E-state index in [1.165, 1.54) is 44.2 Å². The molecular formula is C40H29N3. The molecule has 0 bridgehead atoms. The Balaban J connectivity index is 1.29. The van der Waals surface area contributed by atoms with Gasteiger partial charge >= 0.3 is 0 Å². The van der Waals surface area contributed by atoms with Crippen LogP contribution in [0.15, 0.2) is 140 Å². The average molecular weight is 552 g/mol. The summed E-state index contributed by atoms with van der Waals surface area (Å²) in [6.07, 6.45) is 0. The minimum Gasteiger partial charge on any atom is -0.208 e. The van der Waals surface area contributed by atoms with Crippen molar-refractivity contribution in [2.45, 2.75) is 19.3 Å². The quantitative estimate of drug-likeness (QED) is 0.218. The topological polar surface area (TPSA) is 38.7 Å². The van der Waals surface area contributed by atoms with Gasteiger partial charge < -0.3 is 0 Å². The Labute approximate surface area is 251 Å². The van der Waals surface area contributed by atoms with Crippen LogP contribution >= 0.6 is 0 Å². The monoisotopic (exact) mass is 551 g/mol. The fourth-order valence-electron chi connectivity index (χ4n) is 6.62. The summed E-state index contributed by atoms with van der Waals surface area (Å²) in [6.45, 7) is 4.71. The summed E-state index contributed by atoms with van der Waals surface area (Å²) in [5, 5.41) is 2.59. The number of rotatable bonds is 4. The van der Waals surface area contributed by atoms with Gasteiger partial charge in [-0.25, -0.2) is 15.0 Å². The van der Waals surface area contributed by atoms with Gasteiger partial charge in [0.25, 0.3) is 0 Å². The molecule has 0 N–H and O–H groups in total. The van der Waals surface area contributed by atoms with Crippen LogP contribution in [0.4, 0.5) is 0 Å². The molecule has 204 valence electrons. The van der Waals surface area contributed by atoms with E-state index in [0.29, 0.717) is 17.5 Å². The Hall–Kier alpha value is -5.41. The van der Waals surface area contributed by atoms with E-state index in [-0.39, 0.29) is 5.41 Å². The Bertz CT molecular complexity index is 2070. The molecule has 8 rings (SSSR count). The number of hydrogen-bond donors (Lipinski definition) is 0. The highest BCUT2D eigenvalue weighted by Gasteiger charge is 2.38. The number of aromatic nitrogens is 3.